The maximum absolute atomic E-state index is 11.6. The minimum atomic E-state index is -0.566. The minimum Gasteiger partial charge on any atom is -0.454 e. The van der Waals surface area contributed by atoms with E-state index in [9.17, 15) is 9.59 Å². The lowest BCUT2D eigenvalue weighted by Gasteiger charge is -2.06. The predicted octanol–water partition coefficient (Wildman–Crippen LogP) is 1.41. The summed E-state index contributed by atoms with van der Waals surface area (Å²) in [5, 5.41) is 6.46. The second-order valence-electron chi connectivity index (χ2n) is 4.15. The lowest BCUT2D eigenvalue weighted by atomic mass is 10.3. The molecule has 0 fully saturated rings. The lowest BCUT2D eigenvalue weighted by molar-refractivity contribution is -0.148. The van der Waals surface area contributed by atoms with E-state index in [1.165, 1.54) is 4.68 Å². The van der Waals surface area contributed by atoms with Gasteiger partial charge in [0.2, 0.25) is 0 Å². The van der Waals surface area contributed by atoms with Crippen molar-refractivity contribution in [1.29, 1.82) is 0 Å². The standard InChI is InChI=1S/C13H13BrN4O3/c14-9-1-3-10(4-2-9)16-12(19)8-21-13(20)7-18-6-5-11(15)17-18/h1-6H,7-8H2,(H2,15,17)(H,16,19). The molecule has 1 heterocycles. The van der Waals surface area contributed by atoms with Gasteiger partial charge in [0.15, 0.2) is 6.61 Å². The van der Waals surface area contributed by atoms with Crippen molar-refractivity contribution in [1.82, 2.24) is 9.78 Å². The summed E-state index contributed by atoms with van der Waals surface area (Å²) in [4.78, 5) is 23.1. The molecule has 110 valence electrons. The molecule has 1 aromatic heterocycles. The molecular formula is C13H13BrN4O3. The first-order chi connectivity index (χ1) is 10.0. The molecule has 0 aliphatic heterocycles. The van der Waals surface area contributed by atoms with Gasteiger partial charge < -0.3 is 15.8 Å². The van der Waals surface area contributed by atoms with Crippen LogP contribution >= 0.6 is 15.9 Å². The van der Waals surface area contributed by atoms with E-state index in [0.29, 0.717) is 11.5 Å². The second kappa shape index (κ2) is 6.89. The van der Waals surface area contributed by atoms with Crippen molar-refractivity contribution in [3.63, 3.8) is 0 Å². The van der Waals surface area contributed by atoms with Gasteiger partial charge in [-0.25, -0.2) is 0 Å². The highest BCUT2D eigenvalue weighted by molar-refractivity contribution is 9.10. The van der Waals surface area contributed by atoms with Gasteiger partial charge in [-0.05, 0) is 30.3 Å². The molecule has 2 rings (SSSR count). The zero-order valence-electron chi connectivity index (χ0n) is 11.0. The van der Waals surface area contributed by atoms with Crippen LogP contribution in [0.1, 0.15) is 0 Å². The normalized spacial score (nSPS) is 10.1. The van der Waals surface area contributed by atoms with Gasteiger partial charge in [0.05, 0.1) is 0 Å². The molecule has 0 spiro atoms. The molecule has 2 aromatic rings. The highest BCUT2D eigenvalue weighted by Crippen LogP contribution is 2.13. The first-order valence-electron chi connectivity index (χ1n) is 6.03. The summed E-state index contributed by atoms with van der Waals surface area (Å²) in [6, 6.07) is 8.62. The number of nitrogens with two attached hydrogens (primary N) is 1. The molecule has 0 saturated carbocycles. The van der Waals surface area contributed by atoms with Crippen molar-refractivity contribution in [2.75, 3.05) is 17.7 Å². The summed E-state index contributed by atoms with van der Waals surface area (Å²) in [7, 11) is 0. The summed E-state index contributed by atoms with van der Waals surface area (Å²) < 4.78 is 7.10. The molecule has 21 heavy (non-hydrogen) atoms. The molecule has 0 unspecified atom stereocenters. The number of anilines is 2. The van der Waals surface area contributed by atoms with Gasteiger partial charge in [-0.1, -0.05) is 15.9 Å². The Morgan fingerprint density at radius 1 is 1.29 bits per heavy atom. The Balaban J connectivity index is 1.75. The first kappa shape index (κ1) is 15.0. The molecule has 0 bridgehead atoms. The number of halogens is 1. The second-order valence-corrected chi connectivity index (χ2v) is 5.07. The SMILES string of the molecule is Nc1ccn(CC(=O)OCC(=O)Nc2ccc(Br)cc2)n1. The summed E-state index contributed by atoms with van der Waals surface area (Å²) in [5.41, 5.74) is 6.05. The van der Waals surface area contributed by atoms with Crippen molar-refractivity contribution in [3.8, 4) is 0 Å². The number of hydrogen-bond donors (Lipinski definition) is 2. The van der Waals surface area contributed by atoms with E-state index in [4.69, 9.17) is 10.5 Å². The van der Waals surface area contributed by atoms with E-state index < -0.39 is 11.9 Å². The number of amides is 1. The molecular weight excluding hydrogens is 340 g/mol. The smallest absolute Gasteiger partial charge is 0.328 e. The van der Waals surface area contributed by atoms with E-state index in [1.54, 1.807) is 36.5 Å². The van der Waals surface area contributed by atoms with E-state index in [1.807, 2.05) is 0 Å². The number of ether oxygens (including phenoxy) is 1. The lowest BCUT2D eigenvalue weighted by Crippen LogP contribution is -2.23. The van der Waals surface area contributed by atoms with Crippen molar-refractivity contribution >= 4 is 39.3 Å². The van der Waals surface area contributed by atoms with Crippen molar-refractivity contribution in [3.05, 3.63) is 41.0 Å². The van der Waals surface area contributed by atoms with Gasteiger partial charge in [-0.2, -0.15) is 5.10 Å². The monoisotopic (exact) mass is 352 g/mol. The molecule has 8 heteroatoms. The van der Waals surface area contributed by atoms with Crippen LogP contribution in [-0.2, 0) is 20.9 Å². The molecule has 3 N–H and O–H groups in total. The highest BCUT2D eigenvalue weighted by atomic mass is 79.9. The number of aromatic nitrogens is 2. The van der Waals surface area contributed by atoms with Crippen LogP contribution in [0, 0.1) is 0 Å². The molecule has 1 amide bonds. The van der Waals surface area contributed by atoms with Crippen LogP contribution in [-0.4, -0.2) is 28.3 Å². The third-order valence-corrected chi connectivity index (χ3v) is 2.97. The van der Waals surface area contributed by atoms with Crippen molar-refractivity contribution in [2.45, 2.75) is 6.54 Å². The molecule has 0 aliphatic carbocycles. The number of nitrogens with zero attached hydrogens (tertiary/aromatic N) is 2. The number of nitrogen functional groups attached to an aromatic ring is 1. The number of hydrogen-bond acceptors (Lipinski definition) is 5. The topological polar surface area (TPSA) is 99.2 Å². The Bertz CT molecular complexity index is 639. The first-order valence-corrected chi connectivity index (χ1v) is 6.82. The molecule has 0 aliphatic rings. The average Bonchev–Trinajstić information content (AvgIpc) is 2.84. The maximum Gasteiger partial charge on any atom is 0.328 e. The molecule has 1 aromatic carbocycles. The zero-order chi connectivity index (χ0) is 15.2. The summed E-state index contributed by atoms with van der Waals surface area (Å²) in [5.74, 6) is -0.662. The van der Waals surface area contributed by atoms with Gasteiger partial charge in [-0.15, -0.1) is 0 Å². The van der Waals surface area contributed by atoms with Gasteiger partial charge in [-0.3, -0.25) is 14.3 Å². The Morgan fingerprint density at radius 3 is 2.62 bits per heavy atom. The van der Waals surface area contributed by atoms with Crippen LogP contribution in [0.4, 0.5) is 11.5 Å². The quantitative estimate of drug-likeness (QED) is 0.792. The fourth-order valence-electron chi connectivity index (χ4n) is 1.52. The largest absolute Gasteiger partial charge is 0.454 e. The number of esters is 1. The van der Waals surface area contributed by atoms with Gasteiger partial charge in [0.25, 0.3) is 5.91 Å². The van der Waals surface area contributed by atoms with E-state index in [2.05, 4.69) is 26.3 Å². The Labute approximate surface area is 129 Å². The predicted molar refractivity (Wildman–Crippen MR) is 80.4 cm³/mol. The number of carbonyl (C=O) groups excluding carboxylic acids is 2. The average molecular weight is 353 g/mol. The van der Waals surface area contributed by atoms with E-state index in [0.717, 1.165) is 4.47 Å². The summed E-state index contributed by atoms with van der Waals surface area (Å²) in [6.45, 7) is -0.450. The zero-order valence-corrected chi connectivity index (χ0v) is 12.5. The van der Waals surface area contributed by atoms with Gasteiger partial charge in [0.1, 0.15) is 12.4 Å². The molecule has 0 saturated heterocycles. The molecule has 7 nitrogen and oxygen atoms in total. The van der Waals surface area contributed by atoms with Gasteiger partial charge in [0, 0.05) is 16.4 Å². The summed E-state index contributed by atoms with van der Waals surface area (Å²) in [6.07, 6.45) is 1.55. The number of nitrogens with one attached hydrogen (secondary N) is 1. The minimum absolute atomic E-state index is 0.0945. The van der Waals surface area contributed by atoms with Crippen LogP contribution in [0.2, 0.25) is 0 Å². The Morgan fingerprint density at radius 2 is 2.00 bits per heavy atom. The van der Waals surface area contributed by atoms with Crippen LogP contribution in [0.15, 0.2) is 41.0 Å². The Hall–Kier alpha value is -2.35. The number of benzene rings is 1. The van der Waals surface area contributed by atoms with Crippen molar-refractivity contribution in [2.24, 2.45) is 0 Å². The van der Waals surface area contributed by atoms with Gasteiger partial charge >= 0.3 is 5.97 Å². The molecule has 0 radical (unpaired) electrons. The third kappa shape index (κ3) is 4.92. The third-order valence-electron chi connectivity index (χ3n) is 2.44. The molecule has 0 atom stereocenters. The number of rotatable bonds is 5. The highest BCUT2D eigenvalue weighted by Gasteiger charge is 2.09. The van der Waals surface area contributed by atoms with Crippen LogP contribution in [0.3, 0.4) is 0 Å². The van der Waals surface area contributed by atoms with Crippen molar-refractivity contribution < 1.29 is 14.3 Å². The van der Waals surface area contributed by atoms with Crippen LogP contribution in [0.5, 0.6) is 0 Å². The summed E-state index contributed by atoms with van der Waals surface area (Å²) >= 11 is 3.30. The van der Waals surface area contributed by atoms with E-state index >= 15 is 0 Å². The fourth-order valence-corrected chi connectivity index (χ4v) is 1.78. The Kier molecular flexibility index (Phi) is 4.94. The van der Waals surface area contributed by atoms with Crippen LogP contribution in [0.25, 0.3) is 0 Å². The maximum atomic E-state index is 11.6. The fraction of sp³-hybridized carbons (Fsp3) is 0.154. The van der Waals surface area contributed by atoms with Crippen LogP contribution < -0.4 is 11.1 Å². The van der Waals surface area contributed by atoms with E-state index in [-0.39, 0.29) is 13.2 Å². The number of carbonyl (C=O) groups is 2.